The van der Waals surface area contributed by atoms with Crippen molar-refractivity contribution in [1.82, 2.24) is 29.8 Å². The van der Waals surface area contributed by atoms with Gasteiger partial charge in [-0.05, 0) is 45.1 Å². The molecule has 0 aliphatic carbocycles. The lowest BCUT2D eigenvalue weighted by Gasteiger charge is -2.22. The van der Waals surface area contributed by atoms with Crippen LogP contribution in [0.5, 0.6) is 0 Å². The zero-order valence-electron chi connectivity index (χ0n) is 14.4. The fourth-order valence-electron chi connectivity index (χ4n) is 3.32. The number of imidazole rings is 1. The van der Waals surface area contributed by atoms with E-state index in [1.54, 1.807) is 10.6 Å². The van der Waals surface area contributed by atoms with Gasteiger partial charge in [-0.2, -0.15) is 10.2 Å². The van der Waals surface area contributed by atoms with Gasteiger partial charge in [0.1, 0.15) is 0 Å². The second-order valence-corrected chi connectivity index (χ2v) is 6.66. The monoisotopic (exact) mass is 340 g/mol. The fourth-order valence-corrected chi connectivity index (χ4v) is 3.32. The van der Waals surface area contributed by atoms with Crippen LogP contribution in [0.15, 0.2) is 30.6 Å². The van der Waals surface area contributed by atoms with Gasteiger partial charge in [-0.3, -0.25) is 4.90 Å². The standard InChI is InChI=1S/C18H21FN6/c1-12-9-25-10-13(7-16(19)18(25)21-12)17-4-3-14(22-23-17)11-24(2)15-5-6-20-8-15/h3-4,7,9-10,15,20H,5-6,8,11H2,1-2H3. The normalized spacial score (nSPS) is 17.7. The van der Waals surface area contributed by atoms with Crippen LogP contribution >= 0.6 is 0 Å². The molecule has 1 aliphatic rings. The Labute approximate surface area is 145 Å². The number of halogens is 1. The highest BCUT2D eigenvalue weighted by atomic mass is 19.1. The van der Waals surface area contributed by atoms with Crippen LogP contribution in [0.3, 0.4) is 0 Å². The van der Waals surface area contributed by atoms with Crippen LogP contribution in [-0.2, 0) is 6.54 Å². The maximum Gasteiger partial charge on any atom is 0.173 e. The Hall–Kier alpha value is -2.38. The van der Waals surface area contributed by atoms with Gasteiger partial charge >= 0.3 is 0 Å². The van der Waals surface area contributed by atoms with Gasteiger partial charge in [-0.1, -0.05) is 0 Å². The summed E-state index contributed by atoms with van der Waals surface area (Å²) >= 11 is 0. The molecular formula is C18H21FN6. The van der Waals surface area contributed by atoms with Crippen LogP contribution in [0.4, 0.5) is 4.39 Å². The molecule has 3 aromatic rings. The van der Waals surface area contributed by atoms with Gasteiger partial charge in [0.15, 0.2) is 11.5 Å². The third-order valence-electron chi connectivity index (χ3n) is 4.71. The highest BCUT2D eigenvalue weighted by Crippen LogP contribution is 2.21. The van der Waals surface area contributed by atoms with Crippen LogP contribution < -0.4 is 5.32 Å². The second-order valence-electron chi connectivity index (χ2n) is 6.66. The quantitative estimate of drug-likeness (QED) is 0.788. The van der Waals surface area contributed by atoms with Crippen molar-refractivity contribution in [2.75, 3.05) is 20.1 Å². The average molecular weight is 340 g/mol. The van der Waals surface area contributed by atoms with E-state index in [9.17, 15) is 4.39 Å². The second kappa shape index (κ2) is 6.50. The number of rotatable bonds is 4. The minimum atomic E-state index is -0.357. The average Bonchev–Trinajstić information content (AvgIpc) is 3.24. The zero-order chi connectivity index (χ0) is 17.4. The number of nitrogens with zero attached hydrogens (tertiary/aromatic N) is 5. The summed E-state index contributed by atoms with van der Waals surface area (Å²) in [6.07, 6.45) is 4.79. The largest absolute Gasteiger partial charge is 0.315 e. The lowest BCUT2D eigenvalue weighted by atomic mass is 10.2. The van der Waals surface area contributed by atoms with Crippen LogP contribution in [0.2, 0.25) is 0 Å². The minimum absolute atomic E-state index is 0.331. The molecule has 4 heterocycles. The van der Waals surface area contributed by atoms with E-state index < -0.39 is 0 Å². The van der Waals surface area contributed by atoms with Gasteiger partial charge in [-0.15, -0.1) is 0 Å². The Morgan fingerprint density at radius 2 is 2.20 bits per heavy atom. The van der Waals surface area contributed by atoms with Crippen LogP contribution in [0.25, 0.3) is 16.9 Å². The Balaban J connectivity index is 1.55. The van der Waals surface area contributed by atoms with Crippen molar-refractivity contribution < 1.29 is 4.39 Å². The molecule has 0 spiro atoms. The SMILES string of the molecule is Cc1cn2cc(-c3ccc(CN(C)C4CCNC4)nn3)cc(F)c2n1. The number of aromatic nitrogens is 4. The molecule has 1 fully saturated rings. The molecule has 3 aromatic heterocycles. The molecule has 0 saturated carbocycles. The third-order valence-corrected chi connectivity index (χ3v) is 4.71. The van der Waals surface area contributed by atoms with E-state index in [2.05, 4.69) is 32.4 Å². The first-order valence-corrected chi connectivity index (χ1v) is 8.49. The lowest BCUT2D eigenvalue weighted by Crippen LogP contribution is -2.33. The molecule has 1 atom stereocenters. The molecule has 0 amide bonds. The highest BCUT2D eigenvalue weighted by Gasteiger charge is 2.19. The molecule has 6 nitrogen and oxygen atoms in total. The van der Waals surface area contributed by atoms with Crippen LogP contribution in [0.1, 0.15) is 17.8 Å². The Morgan fingerprint density at radius 1 is 1.32 bits per heavy atom. The maximum absolute atomic E-state index is 14.2. The molecule has 0 bridgehead atoms. The van der Waals surface area contributed by atoms with Crippen LogP contribution in [0, 0.1) is 12.7 Å². The molecule has 0 aromatic carbocycles. The summed E-state index contributed by atoms with van der Waals surface area (Å²) < 4.78 is 15.9. The summed E-state index contributed by atoms with van der Waals surface area (Å²) in [7, 11) is 2.11. The van der Waals surface area contributed by atoms with E-state index in [-0.39, 0.29) is 5.82 Å². The molecule has 25 heavy (non-hydrogen) atoms. The topological polar surface area (TPSA) is 58.4 Å². The van der Waals surface area contributed by atoms with Crippen molar-refractivity contribution in [3.05, 3.63) is 47.8 Å². The predicted molar refractivity (Wildman–Crippen MR) is 93.7 cm³/mol. The Bertz CT molecular complexity index is 882. The van der Waals surface area contributed by atoms with Crippen molar-refractivity contribution in [1.29, 1.82) is 0 Å². The van der Waals surface area contributed by atoms with E-state index in [1.165, 1.54) is 6.07 Å². The molecule has 4 rings (SSSR count). The summed E-state index contributed by atoms with van der Waals surface area (Å²) in [5, 5.41) is 12.0. The first-order valence-electron chi connectivity index (χ1n) is 8.49. The summed E-state index contributed by atoms with van der Waals surface area (Å²) in [5.74, 6) is -0.357. The van der Waals surface area contributed by atoms with Gasteiger partial charge in [0.2, 0.25) is 0 Å². The summed E-state index contributed by atoms with van der Waals surface area (Å²) in [6.45, 7) is 4.69. The van der Waals surface area contributed by atoms with E-state index in [0.29, 0.717) is 22.9 Å². The summed E-state index contributed by atoms with van der Waals surface area (Å²) in [4.78, 5) is 6.47. The predicted octanol–water partition coefficient (Wildman–Crippen LogP) is 2.03. The highest BCUT2D eigenvalue weighted by molar-refractivity contribution is 5.61. The number of likely N-dealkylation sites (N-methyl/N-ethyl adjacent to an activating group) is 1. The molecule has 130 valence electrons. The smallest absolute Gasteiger partial charge is 0.173 e. The van der Waals surface area contributed by atoms with Crippen molar-refractivity contribution in [2.45, 2.75) is 25.9 Å². The van der Waals surface area contributed by atoms with Crippen LogP contribution in [-0.4, -0.2) is 50.7 Å². The Morgan fingerprint density at radius 3 is 2.92 bits per heavy atom. The molecule has 1 saturated heterocycles. The number of nitrogens with one attached hydrogen (secondary N) is 1. The molecule has 1 N–H and O–H groups in total. The molecule has 0 radical (unpaired) electrons. The number of pyridine rings is 1. The van der Waals surface area contributed by atoms with E-state index in [1.807, 2.05) is 25.3 Å². The number of aryl methyl sites for hydroxylation is 1. The fraction of sp³-hybridized carbons (Fsp3) is 0.389. The summed E-state index contributed by atoms with van der Waals surface area (Å²) in [5.41, 5.74) is 3.37. The van der Waals surface area contributed by atoms with Crippen molar-refractivity contribution in [3.8, 4) is 11.3 Å². The molecule has 1 unspecified atom stereocenters. The zero-order valence-corrected chi connectivity index (χ0v) is 14.4. The third kappa shape index (κ3) is 3.25. The van der Waals surface area contributed by atoms with Crippen molar-refractivity contribution in [3.63, 3.8) is 0 Å². The van der Waals surface area contributed by atoms with E-state index in [4.69, 9.17) is 0 Å². The Kier molecular flexibility index (Phi) is 4.19. The first-order chi connectivity index (χ1) is 12.1. The van der Waals surface area contributed by atoms with Gasteiger partial charge in [-0.25, -0.2) is 9.37 Å². The first kappa shape index (κ1) is 16.1. The van der Waals surface area contributed by atoms with Gasteiger partial charge in [0, 0.05) is 37.1 Å². The molecule has 7 heteroatoms. The van der Waals surface area contributed by atoms with Crippen molar-refractivity contribution in [2.24, 2.45) is 0 Å². The van der Waals surface area contributed by atoms with Crippen molar-refractivity contribution >= 4 is 5.65 Å². The molecular weight excluding hydrogens is 319 g/mol. The van der Waals surface area contributed by atoms with Gasteiger partial charge in [0.25, 0.3) is 0 Å². The number of fused-ring (bicyclic) bond motifs is 1. The molecule has 1 aliphatic heterocycles. The lowest BCUT2D eigenvalue weighted by molar-refractivity contribution is 0.245. The minimum Gasteiger partial charge on any atom is -0.315 e. The van der Waals surface area contributed by atoms with Gasteiger partial charge in [0.05, 0.1) is 17.1 Å². The van der Waals surface area contributed by atoms with E-state index >= 15 is 0 Å². The summed E-state index contributed by atoms with van der Waals surface area (Å²) in [6, 6.07) is 5.86. The van der Waals surface area contributed by atoms with E-state index in [0.717, 1.165) is 37.4 Å². The van der Waals surface area contributed by atoms with Gasteiger partial charge < -0.3 is 9.72 Å². The number of hydrogen-bond acceptors (Lipinski definition) is 5. The maximum atomic E-state index is 14.2. The number of hydrogen-bond donors (Lipinski definition) is 1.